The molecule has 1 aliphatic carbocycles. The van der Waals surface area contributed by atoms with Crippen molar-refractivity contribution in [1.82, 2.24) is 0 Å². The molecule has 4 atom stereocenters. The Morgan fingerprint density at radius 2 is 2.33 bits per heavy atom. The first-order chi connectivity index (χ1) is 4.29. The summed E-state index contributed by atoms with van der Waals surface area (Å²) in [4.78, 5) is 0. The summed E-state index contributed by atoms with van der Waals surface area (Å²) < 4.78 is 24.2. The lowest BCUT2D eigenvalue weighted by Crippen LogP contribution is -2.17. The molecule has 0 aromatic carbocycles. The van der Waals surface area contributed by atoms with E-state index in [9.17, 15) is 4.21 Å². The summed E-state index contributed by atoms with van der Waals surface area (Å²) in [7, 11) is 0. The van der Waals surface area contributed by atoms with Crippen LogP contribution >= 0.6 is 0 Å². The predicted molar refractivity (Wildman–Crippen MR) is 32.5 cm³/mol. The lowest BCUT2D eigenvalue weighted by Gasteiger charge is -2.02. The van der Waals surface area contributed by atoms with Crippen molar-refractivity contribution in [2.75, 3.05) is 0 Å². The molecule has 0 aromatic rings. The average molecular weight is 148 g/mol. The molecule has 0 amide bonds. The number of epoxide rings is 1. The zero-order valence-electron chi connectivity index (χ0n) is 4.82. The van der Waals surface area contributed by atoms with E-state index in [-0.39, 0.29) is 11.4 Å². The fourth-order valence-corrected chi connectivity index (χ4v) is 2.23. The van der Waals surface area contributed by atoms with Crippen LogP contribution in [-0.2, 0) is 15.8 Å². The van der Waals surface area contributed by atoms with E-state index in [1.165, 1.54) is 0 Å². The molecule has 1 aliphatic heterocycles. The van der Waals surface area contributed by atoms with Gasteiger partial charge in [0.25, 0.3) is 0 Å². The van der Waals surface area contributed by atoms with E-state index in [0.29, 0.717) is 6.10 Å². The zero-order chi connectivity index (χ0) is 6.43. The topological polar surface area (TPSA) is 49.8 Å². The van der Waals surface area contributed by atoms with Crippen LogP contribution in [0.15, 0.2) is 0 Å². The van der Waals surface area contributed by atoms with Crippen molar-refractivity contribution < 1.29 is 13.5 Å². The van der Waals surface area contributed by atoms with Gasteiger partial charge in [-0.25, -0.2) is 4.21 Å². The largest absolute Gasteiger partial charge is 0.368 e. The summed E-state index contributed by atoms with van der Waals surface area (Å²) in [5.41, 5.74) is 0. The van der Waals surface area contributed by atoms with Crippen molar-refractivity contribution >= 4 is 11.1 Å². The van der Waals surface area contributed by atoms with Crippen LogP contribution in [0.5, 0.6) is 0 Å². The fraction of sp³-hybridized carbons (Fsp3) is 1.00. The Morgan fingerprint density at radius 3 is 2.56 bits per heavy atom. The molecule has 1 saturated heterocycles. The number of ether oxygens (including phenoxy) is 1. The molecular weight excluding hydrogens is 140 g/mol. The van der Waals surface area contributed by atoms with Gasteiger partial charge in [0.1, 0.15) is 6.10 Å². The van der Waals surface area contributed by atoms with Crippen LogP contribution < -0.4 is 0 Å². The number of hydrogen-bond acceptors (Lipinski definition) is 2. The number of fused-ring (bicyclic) bond motifs is 1. The highest BCUT2D eigenvalue weighted by Gasteiger charge is 2.52. The van der Waals surface area contributed by atoms with Crippen molar-refractivity contribution in [2.24, 2.45) is 0 Å². The van der Waals surface area contributed by atoms with E-state index in [1.54, 1.807) is 0 Å². The molecule has 9 heavy (non-hydrogen) atoms. The lowest BCUT2D eigenvalue weighted by atomic mass is 10.3. The second-order valence-electron chi connectivity index (χ2n) is 2.53. The minimum Gasteiger partial charge on any atom is -0.368 e. The van der Waals surface area contributed by atoms with Crippen molar-refractivity contribution in [3.8, 4) is 0 Å². The smallest absolute Gasteiger partial charge is 0.158 e. The van der Waals surface area contributed by atoms with Gasteiger partial charge in [-0.3, -0.25) is 0 Å². The third-order valence-electron chi connectivity index (χ3n) is 1.98. The standard InChI is InChI=1S/C5H8O3S/c6-9(7)4-2-1-3-5(4)8-3/h3-5H,1-2H2,(H,6,7). The van der Waals surface area contributed by atoms with E-state index in [4.69, 9.17) is 9.29 Å². The Kier molecular flexibility index (Phi) is 1.15. The van der Waals surface area contributed by atoms with Gasteiger partial charge in [-0.05, 0) is 12.8 Å². The maximum atomic E-state index is 10.5. The first kappa shape index (κ1) is 5.82. The minimum atomic E-state index is -1.65. The van der Waals surface area contributed by atoms with E-state index in [1.807, 2.05) is 0 Å². The average Bonchev–Trinajstić information content (AvgIpc) is 2.43. The van der Waals surface area contributed by atoms with Gasteiger partial charge in [-0.2, -0.15) is 0 Å². The SMILES string of the molecule is O=S(O)C1CCC2OC21. The third kappa shape index (κ3) is 0.818. The normalized spacial score (nSPS) is 50.6. The highest BCUT2D eigenvalue weighted by molar-refractivity contribution is 7.80. The number of rotatable bonds is 1. The van der Waals surface area contributed by atoms with Crippen LogP contribution in [0.4, 0.5) is 0 Å². The maximum Gasteiger partial charge on any atom is 0.158 e. The minimum absolute atomic E-state index is 0.0880. The van der Waals surface area contributed by atoms with Crippen molar-refractivity contribution in [3.05, 3.63) is 0 Å². The molecule has 1 heterocycles. The molecule has 2 aliphatic rings. The fourth-order valence-electron chi connectivity index (χ4n) is 1.42. The Labute approximate surface area is 55.7 Å². The summed E-state index contributed by atoms with van der Waals surface area (Å²) in [6, 6.07) is 0. The Morgan fingerprint density at radius 1 is 1.56 bits per heavy atom. The Hall–Kier alpha value is 0.0700. The molecule has 2 rings (SSSR count). The van der Waals surface area contributed by atoms with E-state index < -0.39 is 11.1 Å². The quantitative estimate of drug-likeness (QED) is 0.425. The lowest BCUT2D eigenvalue weighted by molar-refractivity contribution is 0.321. The van der Waals surface area contributed by atoms with Crippen LogP contribution in [0.3, 0.4) is 0 Å². The molecule has 1 saturated carbocycles. The van der Waals surface area contributed by atoms with Crippen LogP contribution in [0.1, 0.15) is 12.8 Å². The summed E-state index contributed by atoms with van der Waals surface area (Å²) >= 11 is -1.65. The summed E-state index contributed by atoms with van der Waals surface area (Å²) in [6.07, 6.45) is 2.28. The molecule has 0 bridgehead atoms. The van der Waals surface area contributed by atoms with Gasteiger partial charge in [-0.1, -0.05) is 0 Å². The van der Waals surface area contributed by atoms with Crippen LogP contribution in [0, 0.1) is 0 Å². The van der Waals surface area contributed by atoms with Gasteiger partial charge >= 0.3 is 0 Å². The second kappa shape index (κ2) is 1.78. The Bertz CT molecular complexity index is 158. The number of hydrogen-bond donors (Lipinski definition) is 1. The van der Waals surface area contributed by atoms with Crippen molar-refractivity contribution in [2.45, 2.75) is 30.3 Å². The summed E-state index contributed by atoms with van der Waals surface area (Å²) in [6.45, 7) is 0. The van der Waals surface area contributed by atoms with Gasteiger partial charge in [0.15, 0.2) is 11.1 Å². The van der Waals surface area contributed by atoms with E-state index in [2.05, 4.69) is 0 Å². The third-order valence-corrected chi connectivity index (χ3v) is 3.00. The van der Waals surface area contributed by atoms with Gasteiger partial charge in [-0.15, -0.1) is 0 Å². The highest BCUT2D eigenvalue weighted by atomic mass is 32.2. The zero-order valence-corrected chi connectivity index (χ0v) is 5.63. The molecule has 4 heteroatoms. The van der Waals surface area contributed by atoms with Gasteiger partial charge in [0, 0.05) is 0 Å². The molecule has 52 valence electrons. The van der Waals surface area contributed by atoms with E-state index >= 15 is 0 Å². The molecular formula is C5H8O3S. The van der Waals surface area contributed by atoms with Crippen molar-refractivity contribution in [3.63, 3.8) is 0 Å². The Balaban J connectivity index is 2.06. The second-order valence-corrected chi connectivity index (χ2v) is 3.69. The molecule has 2 fully saturated rings. The summed E-state index contributed by atoms with van der Waals surface area (Å²) in [5.74, 6) is 0. The highest BCUT2D eigenvalue weighted by Crippen LogP contribution is 2.40. The van der Waals surface area contributed by atoms with Crippen LogP contribution in [-0.4, -0.2) is 26.2 Å². The first-order valence-electron chi connectivity index (χ1n) is 3.04. The molecule has 1 N–H and O–H groups in total. The monoisotopic (exact) mass is 148 g/mol. The first-order valence-corrected chi connectivity index (χ1v) is 4.21. The van der Waals surface area contributed by atoms with Crippen LogP contribution in [0.25, 0.3) is 0 Å². The molecule has 0 aromatic heterocycles. The summed E-state index contributed by atoms with van der Waals surface area (Å²) in [5, 5.41) is -0.0880. The van der Waals surface area contributed by atoms with Crippen molar-refractivity contribution in [1.29, 1.82) is 0 Å². The predicted octanol–water partition coefficient (Wildman–Crippen LogP) is 0.138. The molecule has 0 radical (unpaired) electrons. The van der Waals surface area contributed by atoms with Gasteiger partial charge < -0.3 is 9.29 Å². The van der Waals surface area contributed by atoms with Crippen LogP contribution in [0.2, 0.25) is 0 Å². The molecule has 4 unspecified atom stereocenters. The van der Waals surface area contributed by atoms with Gasteiger partial charge in [0.05, 0.1) is 11.4 Å². The van der Waals surface area contributed by atoms with Gasteiger partial charge in [0.2, 0.25) is 0 Å². The molecule has 3 nitrogen and oxygen atoms in total. The van der Waals surface area contributed by atoms with E-state index in [0.717, 1.165) is 12.8 Å². The molecule has 0 spiro atoms. The maximum absolute atomic E-state index is 10.5.